The Morgan fingerprint density at radius 1 is 1.21 bits per heavy atom. The highest BCUT2D eigenvalue weighted by Gasteiger charge is 2.07. The molecule has 24 heavy (non-hydrogen) atoms. The lowest BCUT2D eigenvalue weighted by Crippen LogP contribution is -2.15. The van der Waals surface area contributed by atoms with E-state index in [4.69, 9.17) is 4.74 Å². The summed E-state index contributed by atoms with van der Waals surface area (Å²) in [7, 11) is 0. The monoisotopic (exact) mass is 328 g/mol. The van der Waals surface area contributed by atoms with Crippen LogP contribution in [-0.4, -0.2) is 17.4 Å². The molecule has 0 saturated carbocycles. The number of nitro groups is 1. The number of carbonyl (C=O) groups is 1. The Kier molecular flexibility index (Phi) is 5.89. The van der Waals surface area contributed by atoms with E-state index in [0.717, 1.165) is 11.3 Å². The standard InChI is InChI=1S/C18H20N2O4/c1-13(2)14-4-3-5-15(12-14)19-18(21)10-11-24-17-8-6-16(7-9-17)20(22)23/h3-9,12-13H,10-11H2,1-2H3,(H,19,21). The van der Waals surface area contributed by atoms with Crippen LogP contribution >= 0.6 is 0 Å². The highest BCUT2D eigenvalue weighted by atomic mass is 16.6. The van der Waals surface area contributed by atoms with Crippen molar-refractivity contribution in [1.29, 1.82) is 0 Å². The summed E-state index contributed by atoms with van der Waals surface area (Å²) in [6.45, 7) is 4.39. The molecule has 6 heteroatoms. The van der Waals surface area contributed by atoms with Gasteiger partial charge in [0.2, 0.25) is 5.91 Å². The molecule has 6 nitrogen and oxygen atoms in total. The number of ether oxygens (including phenoxy) is 1. The van der Waals surface area contributed by atoms with Crippen LogP contribution in [0.5, 0.6) is 5.75 Å². The molecule has 1 N–H and O–H groups in total. The number of benzene rings is 2. The Labute approximate surface area is 140 Å². The van der Waals surface area contributed by atoms with Gasteiger partial charge in [0.1, 0.15) is 5.75 Å². The average Bonchev–Trinajstić information content (AvgIpc) is 2.55. The number of hydrogen-bond donors (Lipinski definition) is 1. The van der Waals surface area contributed by atoms with Crippen LogP contribution in [0, 0.1) is 10.1 Å². The van der Waals surface area contributed by atoms with E-state index in [1.54, 1.807) is 0 Å². The lowest BCUT2D eigenvalue weighted by atomic mass is 10.0. The average molecular weight is 328 g/mol. The van der Waals surface area contributed by atoms with E-state index in [1.165, 1.54) is 24.3 Å². The first kappa shape index (κ1) is 17.5. The number of non-ortho nitro benzene ring substituents is 1. The lowest BCUT2D eigenvalue weighted by Gasteiger charge is -2.10. The summed E-state index contributed by atoms with van der Waals surface area (Å²) in [6.07, 6.45) is 0.197. The maximum atomic E-state index is 11.9. The van der Waals surface area contributed by atoms with Crippen molar-refractivity contribution >= 4 is 17.3 Å². The maximum Gasteiger partial charge on any atom is 0.269 e. The van der Waals surface area contributed by atoms with Gasteiger partial charge in [-0.25, -0.2) is 0 Å². The second-order valence-corrected chi connectivity index (χ2v) is 5.68. The van der Waals surface area contributed by atoms with Gasteiger partial charge in [-0.15, -0.1) is 0 Å². The van der Waals surface area contributed by atoms with Crippen LogP contribution in [0.4, 0.5) is 11.4 Å². The number of carbonyl (C=O) groups excluding carboxylic acids is 1. The minimum Gasteiger partial charge on any atom is -0.493 e. The molecule has 0 spiro atoms. The van der Waals surface area contributed by atoms with Crippen LogP contribution in [0.3, 0.4) is 0 Å². The molecule has 0 fully saturated rings. The Bertz CT molecular complexity index is 711. The molecule has 0 aliphatic carbocycles. The summed E-state index contributed by atoms with van der Waals surface area (Å²) in [5.74, 6) is 0.750. The summed E-state index contributed by atoms with van der Waals surface area (Å²) in [4.78, 5) is 22.0. The molecular formula is C18H20N2O4. The number of nitro benzene ring substituents is 1. The molecule has 2 rings (SSSR count). The Morgan fingerprint density at radius 2 is 1.92 bits per heavy atom. The number of nitrogens with zero attached hydrogens (tertiary/aromatic N) is 1. The third kappa shape index (κ3) is 5.08. The van der Waals surface area contributed by atoms with Crippen LogP contribution in [0.2, 0.25) is 0 Å². The molecule has 0 saturated heterocycles. The van der Waals surface area contributed by atoms with E-state index in [0.29, 0.717) is 11.7 Å². The van der Waals surface area contributed by atoms with E-state index in [-0.39, 0.29) is 24.6 Å². The van der Waals surface area contributed by atoms with E-state index in [2.05, 4.69) is 19.2 Å². The molecule has 0 radical (unpaired) electrons. The molecular weight excluding hydrogens is 308 g/mol. The molecule has 0 heterocycles. The lowest BCUT2D eigenvalue weighted by molar-refractivity contribution is -0.384. The van der Waals surface area contributed by atoms with Gasteiger partial charge in [0.05, 0.1) is 18.0 Å². The Morgan fingerprint density at radius 3 is 2.54 bits per heavy atom. The summed E-state index contributed by atoms with van der Waals surface area (Å²) in [6, 6.07) is 13.5. The van der Waals surface area contributed by atoms with Crippen molar-refractivity contribution in [1.82, 2.24) is 0 Å². The zero-order valence-electron chi connectivity index (χ0n) is 13.7. The number of anilines is 1. The number of nitrogens with one attached hydrogen (secondary N) is 1. The zero-order valence-corrected chi connectivity index (χ0v) is 13.7. The van der Waals surface area contributed by atoms with Gasteiger partial charge in [0, 0.05) is 17.8 Å². The van der Waals surface area contributed by atoms with Crippen LogP contribution in [-0.2, 0) is 4.79 Å². The number of amides is 1. The van der Waals surface area contributed by atoms with Crippen LogP contribution in [0.25, 0.3) is 0 Å². The van der Waals surface area contributed by atoms with Crippen LogP contribution in [0.1, 0.15) is 31.7 Å². The maximum absolute atomic E-state index is 11.9. The summed E-state index contributed by atoms with van der Waals surface area (Å²) in [5, 5.41) is 13.4. The van der Waals surface area contributed by atoms with Crippen LogP contribution in [0.15, 0.2) is 48.5 Å². The molecule has 0 aliphatic heterocycles. The van der Waals surface area contributed by atoms with E-state index < -0.39 is 4.92 Å². The molecule has 0 aromatic heterocycles. The van der Waals surface area contributed by atoms with Gasteiger partial charge in [0.15, 0.2) is 0 Å². The third-order valence-corrected chi connectivity index (χ3v) is 3.48. The van der Waals surface area contributed by atoms with Crippen molar-refractivity contribution in [2.24, 2.45) is 0 Å². The van der Waals surface area contributed by atoms with Gasteiger partial charge in [-0.05, 0) is 35.7 Å². The van der Waals surface area contributed by atoms with Crippen molar-refractivity contribution in [3.8, 4) is 5.75 Å². The van der Waals surface area contributed by atoms with E-state index >= 15 is 0 Å². The van der Waals surface area contributed by atoms with Crippen molar-refractivity contribution in [2.45, 2.75) is 26.2 Å². The minimum absolute atomic E-state index is 0.00475. The molecule has 2 aromatic carbocycles. The van der Waals surface area contributed by atoms with E-state index in [1.807, 2.05) is 24.3 Å². The normalized spacial score (nSPS) is 10.5. The smallest absolute Gasteiger partial charge is 0.269 e. The molecule has 0 aliphatic rings. The SMILES string of the molecule is CC(C)c1cccc(NC(=O)CCOc2ccc([N+](=O)[O-])cc2)c1. The fourth-order valence-electron chi connectivity index (χ4n) is 2.12. The second kappa shape index (κ2) is 8.10. The molecule has 126 valence electrons. The number of rotatable bonds is 7. The zero-order chi connectivity index (χ0) is 17.5. The minimum atomic E-state index is -0.470. The van der Waals surface area contributed by atoms with Gasteiger partial charge in [-0.2, -0.15) is 0 Å². The van der Waals surface area contributed by atoms with Gasteiger partial charge >= 0.3 is 0 Å². The van der Waals surface area contributed by atoms with Gasteiger partial charge in [-0.1, -0.05) is 26.0 Å². The van der Waals surface area contributed by atoms with Crippen LogP contribution < -0.4 is 10.1 Å². The van der Waals surface area contributed by atoms with Crippen molar-refractivity contribution in [3.05, 3.63) is 64.2 Å². The fraction of sp³-hybridized carbons (Fsp3) is 0.278. The highest BCUT2D eigenvalue weighted by molar-refractivity contribution is 5.90. The van der Waals surface area contributed by atoms with Gasteiger partial charge < -0.3 is 10.1 Å². The molecule has 1 amide bonds. The van der Waals surface area contributed by atoms with Gasteiger partial charge in [0.25, 0.3) is 5.69 Å². The summed E-state index contributed by atoms with van der Waals surface area (Å²) in [5.41, 5.74) is 1.93. The number of hydrogen-bond acceptors (Lipinski definition) is 4. The molecule has 0 bridgehead atoms. The van der Waals surface area contributed by atoms with E-state index in [9.17, 15) is 14.9 Å². The predicted molar refractivity (Wildman–Crippen MR) is 92.4 cm³/mol. The largest absolute Gasteiger partial charge is 0.493 e. The summed E-state index contributed by atoms with van der Waals surface area (Å²) >= 11 is 0. The predicted octanol–water partition coefficient (Wildman–Crippen LogP) is 4.13. The Balaban J connectivity index is 1.81. The topological polar surface area (TPSA) is 81.5 Å². The fourth-order valence-corrected chi connectivity index (χ4v) is 2.12. The van der Waals surface area contributed by atoms with Gasteiger partial charge in [-0.3, -0.25) is 14.9 Å². The highest BCUT2D eigenvalue weighted by Crippen LogP contribution is 2.19. The second-order valence-electron chi connectivity index (χ2n) is 5.68. The molecule has 0 unspecified atom stereocenters. The Hall–Kier alpha value is -2.89. The molecule has 0 atom stereocenters. The first-order valence-electron chi connectivity index (χ1n) is 7.73. The molecule has 2 aromatic rings. The third-order valence-electron chi connectivity index (χ3n) is 3.48. The quantitative estimate of drug-likeness (QED) is 0.612. The van der Waals surface area contributed by atoms with Crippen molar-refractivity contribution in [3.63, 3.8) is 0 Å². The van der Waals surface area contributed by atoms with Crippen molar-refractivity contribution < 1.29 is 14.5 Å². The van der Waals surface area contributed by atoms with Crippen molar-refractivity contribution in [2.75, 3.05) is 11.9 Å². The first-order valence-corrected chi connectivity index (χ1v) is 7.73. The summed E-state index contributed by atoms with van der Waals surface area (Å²) < 4.78 is 5.43. The first-order chi connectivity index (χ1) is 11.5.